The monoisotopic (exact) mass is 493 g/mol. The molecule has 1 saturated heterocycles. The first-order chi connectivity index (χ1) is 18.1. The average molecular weight is 494 g/mol. The maximum absolute atomic E-state index is 13.6. The minimum atomic E-state index is -0.495. The van der Waals surface area contributed by atoms with E-state index in [0.717, 1.165) is 24.0 Å². The van der Waals surface area contributed by atoms with Gasteiger partial charge in [-0.15, -0.1) is 0 Å². The van der Waals surface area contributed by atoms with Crippen molar-refractivity contribution in [1.82, 2.24) is 4.90 Å². The van der Waals surface area contributed by atoms with Gasteiger partial charge in [0.05, 0.1) is 0 Å². The molecular formula is C34H39NO2. The largest absolute Gasteiger partial charge is 0.339 e. The van der Waals surface area contributed by atoms with E-state index in [4.69, 9.17) is 0 Å². The molecule has 0 N–H and O–H groups in total. The van der Waals surface area contributed by atoms with Crippen LogP contribution in [-0.2, 0) is 16.0 Å². The standard InChI is InChI=1S/C34H39NO2/c1-3-5-8-15-29(4-2)28-34(32(36)21-14-13-20-30-16-9-6-10-17-30)24-26-35(27-25-34)33(37)23-22-31-18-11-7-12-19-31/h3-12,14-19,21-23H,13,20,24-28H2,1-2H3/b5-3-,15-8-,21-14+,23-22+,29-4+. The van der Waals surface area contributed by atoms with Crippen LogP contribution in [0.3, 0.4) is 0 Å². The summed E-state index contributed by atoms with van der Waals surface area (Å²) in [5.74, 6) is 0.175. The summed E-state index contributed by atoms with van der Waals surface area (Å²) < 4.78 is 0. The molecule has 1 aliphatic heterocycles. The van der Waals surface area contributed by atoms with Crippen LogP contribution in [0.15, 0.2) is 115 Å². The number of amides is 1. The summed E-state index contributed by atoms with van der Waals surface area (Å²) in [5.41, 5.74) is 2.93. The normalized spacial score (nSPS) is 16.4. The maximum atomic E-state index is 13.6. The van der Waals surface area contributed by atoms with Crippen molar-refractivity contribution in [1.29, 1.82) is 0 Å². The van der Waals surface area contributed by atoms with Crippen molar-refractivity contribution in [3.63, 3.8) is 0 Å². The Labute approximate surface area is 222 Å². The van der Waals surface area contributed by atoms with Gasteiger partial charge in [-0.1, -0.05) is 103 Å². The number of carbonyl (C=O) groups is 2. The minimum Gasteiger partial charge on any atom is -0.339 e. The highest BCUT2D eigenvalue weighted by Gasteiger charge is 2.40. The summed E-state index contributed by atoms with van der Waals surface area (Å²) in [6, 6.07) is 20.2. The molecule has 0 bridgehead atoms. The van der Waals surface area contributed by atoms with E-state index in [1.165, 1.54) is 5.56 Å². The molecule has 0 spiro atoms. The van der Waals surface area contributed by atoms with Crippen LogP contribution in [0.5, 0.6) is 0 Å². The molecule has 2 aromatic rings. The lowest BCUT2D eigenvalue weighted by molar-refractivity contribution is -0.133. The molecule has 3 nitrogen and oxygen atoms in total. The number of ketones is 1. The molecule has 0 aliphatic carbocycles. The van der Waals surface area contributed by atoms with Gasteiger partial charge in [0, 0.05) is 24.6 Å². The summed E-state index contributed by atoms with van der Waals surface area (Å²) in [5, 5.41) is 0. The lowest BCUT2D eigenvalue weighted by atomic mass is 9.70. The third kappa shape index (κ3) is 8.71. The number of likely N-dealkylation sites (tertiary alicyclic amines) is 1. The van der Waals surface area contributed by atoms with E-state index in [9.17, 15) is 9.59 Å². The number of carbonyl (C=O) groups excluding carboxylic acids is 2. The molecule has 0 aromatic heterocycles. The molecule has 37 heavy (non-hydrogen) atoms. The van der Waals surface area contributed by atoms with E-state index < -0.39 is 5.41 Å². The van der Waals surface area contributed by atoms with Gasteiger partial charge < -0.3 is 4.90 Å². The van der Waals surface area contributed by atoms with Gasteiger partial charge in [-0.05, 0) is 69.2 Å². The second kappa shape index (κ2) is 14.7. The number of hydrogen-bond acceptors (Lipinski definition) is 2. The van der Waals surface area contributed by atoms with Crippen LogP contribution in [0, 0.1) is 5.41 Å². The van der Waals surface area contributed by atoms with Crippen molar-refractivity contribution in [2.24, 2.45) is 5.41 Å². The Morgan fingerprint density at radius 3 is 2.19 bits per heavy atom. The summed E-state index contributed by atoms with van der Waals surface area (Å²) in [6.07, 6.45) is 21.3. The fourth-order valence-corrected chi connectivity index (χ4v) is 4.70. The van der Waals surface area contributed by atoms with Gasteiger partial charge in [-0.2, -0.15) is 0 Å². The molecule has 192 valence electrons. The predicted octanol–water partition coefficient (Wildman–Crippen LogP) is 7.54. The van der Waals surface area contributed by atoms with Gasteiger partial charge in [0.25, 0.3) is 0 Å². The Morgan fingerprint density at radius 1 is 0.865 bits per heavy atom. The number of benzene rings is 2. The Bertz CT molecular complexity index is 1140. The number of hydrogen-bond donors (Lipinski definition) is 0. The maximum Gasteiger partial charge on any atom is 0.246 e. The fourth-order valence-electron chi connectivity index (χ4n) is 4.70. The zero-order valence-corrected chi connectivity index (χ0v) is 22.2. The van der Waals surface area contributed by atoms with Gasteiger partial charge >= 0.3 is 0 Å². The van der Waals surface area contributed by atoms with Gasteiger partial charge in [0.15, 0.2) is 5.78 Å². The first-order valence-electron chi connectivity index (χ1n) is 13.3. The van der Waals surface area contributed by atoms with Gasteiger partial charge in [0.1, 0.15) is 0 Å². The first kappa shape index (κ1) is 27.9. The van der Waals surface area contributed by atoms with Crippen LogP contribution in [0.2, 0.25) is 0 Å². The van der Waals surface area contributed by atoms with Crippen LogP contribution in [0.1, 0.15) is 50.7 Å². The molecule has 1 fully saturated rings. The van der Waals surface area contributed by atoms with Crippen molar-refractivity contribution in [2.45, 2.75) is 46.0 Å². The SMILES string of the molecule is C\C=C/C=C\C(=C/C)CC1(C(=O)/C=C/CCc2ccccc2)CCN(C(=O)/C=C/c2ccccc2)CC1. The zero-order valence-electron chi connectivity index (χ0n) is 22.2. The van der Waals surface area contributed by atoms with Crippen molar-refractivity contribution in [3.05, 3.63) is 126 Å². The van der Waals surface area contributed by atoms with Gasteiger partial charge in [0.2, 0.25) is 5.91 Å². The molecule has 3 rings (SSSR count). The molecule has 2 aromatic carbocycles. The molecular weight excluding hydrogens is 454 g/mol. The highest BCUT2D eigenvalue weighted by Crippen LogP contribution is 2.39. The molecule has 3 heteroatoms. The lowest BCUT2D eigenvalue weighted by Crippen LogP contribution is -2.46. The first-order valence-corrected chi connectivity index (χ1v) is 13.3. The van der Waals surface area contributed by atoms with Gasteiger partial charge in [-0.3, -0.25) is 9.59 Å². The molecule has 1 amide bonds. The van der Waals surface area contributed by atoms with Crippen LogP contribution < -0.4 is 0 Å². The summed E-state index contributed by atoms with van der Waals surface area (Å²) >= 11 is 0. The summed E-state index contributed by atoms with van der Waals surface area (Å²) in [6.45, 7) is 5.18. The van der Waals surface area contributed by atoms with E-state index >= 15 is 0 Å². The number of rotatable bonds is 11. The van der Waals surface area contributed by atoms with Crippen molar-refractivity contribution < 1.29 is 9.59 Å². The quantitative estimate of drug-likeness (QED) is 0.240. The molecule has 1 heterocycles. The Kier molecular flexibility index (Phi) is 11.1. The highest BCUT2D eigenvalue weighted by molar-refractivity contribution is 5.96. The second-order valence-electron chi connectivity index (χ2n) is 9.57. The van der Waals surface area contributed by atoms with E-state index in [1.54, 1.807) is 12.2 Å². The lowest BCUT2D eigenvalue weighted by Gasteiger charge is -2.40. The van der Waals surface area contributed by atoms with Crippen LogP contribution in [0.4, 0.5) is 0 Å². The minimum absolute atomic E-state index is 0.00235. The summed E-state index contributed by atoms with van der Waals surface area (Å²) in [4.78, 5) is 28.4. The third-order valence-corrected chi connectivity index (χ3v) is 7.01. The Balaban J connectivity index is 1.69. The van der Waals surface area contributed by atoms with E-state index in [-0.39, 0.29) is 11.7 Å². The fraction of sp³-hybridized carbons (Fsp3) is 0.294. The molecule has 0 atom stereocenters. The second-order valence-corrected chi connectivity index (χ2v) is 9.57. The topological polar surface area (TPSA) is 37.4 Å². The van der Waals surface area contributed by atoms with Crippen molar-refractivity contribution in [2.75, 3.05) is 13.1 Å². The smallest absolute Gasteiger partial charge is 0.246 e. The average Bonchev–Trinajstić information content (AvgIpc) is 2.95. The molecule has 0 unspecified atom stereocenters. The number of nitrogens with zero attached hydrogens (tertiary/aromatic N) is 1. The van der Waals surface area contributed by atoms with Gasteiger partial charge in [-0.25, -0.2) is 0 Å². The summed E-state index contributed by atoms with van der Waals surface area (Å²) in [7, 11) is 0. The third-order valence-electron chi connectivity index (χ3n) is 7.01. The Hall–Kier alpha value is -3.72. The van der Waals surface area contributed by atoms with Crippen molar-refractivity contribution >= 4 is 17.8 Å². The van der Waals surface area contributed by atoms with E-state index in [1.807, 2.05) is 97.7 Å². The van der Waals surface area contributed by atoms with Crippen LogP contribution in [0.25, 0.3) is 6.08 Å². The number of aryl methyl sites for hydroxylation is 1. The number of allylic oxidation sites excluding steroid dienone is 8. The number of piperidine rings is 1. The molecule has 0 radical (unpaired) electrons. The van der Waals surface area contributed by atoms with E-state index in [2.05, 4.69) is 24.3 Å². The predicted molar refractivity (Wildman–Crippen MR) is 155 cm³/mol. The van der Waals surface area contributed by atoms with Crippen molar-refractivity contribution in [3.8, 4) is 0 Å². The molecule has 0 saturated carbocycles. The van der Waals surface area contributed by atoms with Crippen LogP contribution >= 0.6 is 0 Å². The Morgan fingerprint density at radius 2 is 1.54 bits per heavy atom. The zero-order chi connectivity index (χ0) is 26.3. The van der Waals surface area contributed by atoms with E-state index in [0.29, 0.717) is 32.4 Å². The molecule has 1 aliphatic rings. The van der Waals surface area contributed by atoms with Crippen LogP contribution in [-0.4, -0.2) is 29.7 Å². The highest BCUT2D eigenvalue weighted by atomic mass is 16.2.